The fraction of sp³-hybridized carbons (Fsp3) is 0.375. The SMILES string of the molecule is CCCc1c(OCCCS(=O)(=O)c2ccc(C(=O)CCC(=O)O)cc2)ccc(C(C)=O)c1O. The van der Waals surface area contributed by atoms with Crippen molar-refractivity contribution in [3.63, 3.8) is 0 Å². The van der Waals surface area contributed by atoms with E-state index in [0.717, 1.165) is 6.42 Å². The fourth-order valence-corrected chi connectivity index (χ4v) is 4.57. The van der Waals surface area contributed by atoms with E-state index in [9.17, 15) is 27.9 Å². The smallest absolute Gasteiger partial charge is 0.303 e. The van der Waals surface area contributed by atoms with E-state index in [1.165, 1.54) is 37.3 Å². The number of hydrogen-bond acceptors (Lipinski definition) is 7. The van der Waals surface area contributed by atoms with Crippen LogP contribution in [0.5, 0.6) is 11.5 Å². The maximum Gasteiger partial charge on any atom is 0.303 e. The molecular weight excluding hydrogens is 448 g/mol. The van der Waals surface area contributed by atoms with Crippen molar-refractivity contribution in [1.29, 1.82) is 0 Å². The first kappa shape index (κ1) is 26.1. The number of benzene rings is 2. The first-order valence-corrected chi connectivity index (χ1v) is 12.3. The number of ketones is 2. The lowest BCUT2D eigenvalue weighted by atomic mass is 10.0. The molecule has 0 aliphatic carbocycles. The van der Waals surface area contributed by atoms with E-state index in [2.05, 4.69) is 0 Å². The summed E-state index contributed by atoms with van der Waals surface area (Å²) in [4.78, 5) is 34.2. The van der Waals surface area contributed by atoms with Crippen LogP contribution >= 0.6 is 0 Å². The number of Topliss-reactive ketones (excluding diaryl/α,β-unsaturated/α-hetero) is 2. The molecule has 0 radical (unpaired) electrons. The lowest BCUT2D eigenvalue weighted by molar-refractivity contribution is -0.136. The number of ether oxygens (including phenoxy) is 1. The van der Waals surface area contributed by atoms with Gasteiger partial charge in [0.1, 0.15) is 11.5 Å². The minimum atomic E-state index is -3.61. The average Bonchev–Trinajstić information content (AvgIpc) is 2.77. The Labute approximate surface area is 193 Å². The Morgan fingerprint density at radius 2 is 1.67 bits per heavy atom. The molecule has 0 unspecified atom stereocenters. The monoisotopic (exact) mass is 476 g/mol. The van der Waals surface area contributed by atoms with E-state index in [4.69, 9.17) is 9.84 Å². The Bertz CT molecular complexity index is 1120. The zero-order valence-electron chi connectivity index (χ0n) is 18.7. The summed E-state index contributed by atoms with van der Waals surface area (Å²) in [6.07, 6.45) is 1.00. The molecule has 2 rings (SSSR count). The normalized spacial score (nSPS) is 11.2. The molecule has 33 heavy (non-hydrogen) atoms. The largest absolute Gasteiger partial charge is 0.507 e. The van der Waals surface area contributed by atoms with Gasteiger partial charge in [-0.2, -0.15) is 0 Å². The first-order valence-electron chi connectivity index (χ1n) is 10.6. The van der Waals surface area contributed by atoms with Gasteiger partial charge in [-0.15, -0.1) is 0 Å². The van der Waals surface area contributed by atoms with Crippen LogP contribution in [0.1, 0.15) is 65.8 Å². The molecule has 0 amide bonds. The maximum absolute atomic E-state index is 12.6. The number of phenolic OH excluding ortho intramolecular Hbond substituents is 1. The Balaban J connectivity index is 1.99. The third-order valence-corrected chi connectivity index (χ3v) is 6.85. The molecule has 0 heterocycles. The molecule has 2 aromatic rings. The number of sulfone groups is 1. The van der Waals surface area contributed by atoms with Crippen LogP contribution in [-0.4, -0.2) is 48.5 Å². The van der Waals surface area contributed by atoms with Crippen molar-refractivity contribution in [3.05, 3.63) is 53.1 Å². The Kier molecular flexibility index (Phi) is 9.16. The van der Waals surface area contributed by atoms with Gasteiger partial charge >= 0.3 is 5.97 Å². The molecule has 2 N–H and O–H groups in total. The second-order valence-corrected chi connectivity index (χ2v) is 9.72. The molecule has 0 fully saturated rings. The van der Waals surface area contributed by atoms with Gasteiger partial charge in [0.15, 0.2) is 21.4 Å². The van der Waals surface area contributed by atoms with E-state index in [1.54, 1.807) is 6.07 Å². The summed E-state index contributed by atoms with van der Waals surface area (Å²) in [5.74, 6) is -1.56. The molecule has 178 valence electrons. The van der Waals surface area contributed by atoms with E-state index < -0.39 is 15.8 Å². The third-order valence-electron chi connectivity index (χ3n) is 5.04. The van der Waals surface area contributed by atoms with Crippen LogP contribution in [0.4, 0.5) is 0 Å². The second kappa shape index (κ2) is 11.6. The molecule has 0 bridgehead atoms. The van der Waals surface area contributed by atoms with Gasteiger partial charge in [-0.3, -0.25) is 14.4 Å². The number of aromatic hydroxyl groups is 1. The van der Waals surface area contributed by atoms with Gasteiger partial charge < -0.3 is 14.9 Å². The van der Waals surface area contributed by atoms with Crippen LogP contribution in [-0.2, 0) is 21.1 Å². The van der Waals surface area contributed by atoms with Crippen molar-refractivity contribution in [1.82, 2.24) is 0 Å². The molecule has 0 saturated heterocycles. The van der Waals surface area contributed by atoms with Crippen LogP contribution in [0, 0.1) is 0 Å². The highest BCUT2D eigenvalue weighted by atomic mass is 32.2. The summed E-state index contributed by atoms with van der Waals surface area (Å²) >= 11 is 0. The van der Waals surface area contributed by atoms with Crippen molar-refractivity contribution in [2.75, 3.05) is 12.4 Å². The number of carboxylic acids is 1. The minimum absolute atomic E-state index is 0.0624. The Hall–Kier alpha value is -3.20. The molecule has 0 spiro atoms. The quantitative estimate of drug-likeness (QED) is 0.329. The summed E-state index contributed by atoms with van der Waals surface area (Å²) in [6, 6.07) is 8.52. The number of rotatable bonds is 13. The van der Waals surface area contributed by atoms with Crippen molar-refractivity contribution < 1.29 is 37.8 Å². The Morgan fingerprint density at radius 1 is 1.00 bits per heavy atom. The molecule has 0 aliphatic heterocycles. The summed E-state index contributed by atoms with van der Waals surface area (Å²) < 4.78 is 30.9. The molecule has 0 aromatic heterocycles. The predicted molar refractivity (Wildman–Crippen MR) is 122 cm³/mol. The summed E-state index contributed by atoms with van der Waals surface area (Å²) in [5.41, 5.74) is 1.00. The number of carbonyl (C=O) groups excluding carboxylic acids is 2. The molecule has 0 aliphatic rings. The zero-order valence-corrected chi connectivity index (χ0v) is 19.5. The van der Waals surface area contributed by atoms with Crippen molar-refractivity contribution in [2.24, 2.45) is 0 Å². The van der Waals surface area contributed by atoms with Gasteiger partial charge in [0.2, 0.25) is 0 Å². The zero-order chi connectivity index (χ0) is 24.6. The van der Waals surface area contributed by atoms with E-state index in [0.29, 0.717) is 17.7 Å². The molecule has 0 saturated carbocycles. The highest BCUT2D eigenvalue weighted by molar-refractivity contribution is 7.91. The molecule has 0 atom stereocenters. The van der Waals surface area contributed by atoms with E-state index >= 15 is 0 Å². The Morgan fingerprint density at radius 3 is 2.24 bits per heavy atom. The lowest BCUT2D eigenvalue weighted by Crippen LogP contribution is -2.12. The molecule has 2 aromatic carbocycles. The number of carboxylic acid groups (broad SMARTS) is 1. The van der Waals surface area contributed by atoms with Crippen molar-refractivity contribution in [3.8, 4) is 11.5 Å². The van der Waals surface area contributed by atoms with Gasteiger partial charge in [0.05, 0.1) is 29.2 Å². The van der Waals surface area contributed by atoms with E-state index in [1.807, 2.05) is 6.92 Å². The highest BCUT2D eigenvalue weighted by Crippen LogP contribution is 2.33. The number of hydrogen-bond donors (Lipinski definition) is 2. The number of aliphatic carboxylic acids is 1. The van der Waals surface area contributed by atoms with Crippen LogP contribution in [0.25, 0.3) is 0 Å². The predicted octanol–water partition coefficient (Wildman–Crippen LogP) is 3.84. The third kappa shape index (κ3) is 7.15. The minimum Gasteiger partial charge on any atom is -0.507 e. The highest BCUT2D eigenvalue weighted by Gasteiger charge is 2.18. The second-order valence-electron chi connectivity index (χ2n) is 7.61. The summed E-state index contributed by atoms with van der Waals surface area (Å²) in [6.45, 7) is 3.40. The van der Waals surface area contributed by atoms with Crippen LogP contribution in [0.2, 0.25) is 0 Å². The van der Waals surface area contributed by atoms with Crippen molar-refractivity contribution in [2.45, 2.75) is 50.8 Å². The van der Waals surface area contributed by atoms with Gasteiger partial charge in [-0.25, -0.2) is 8.42 Å². The van der Waals surface area contributed by atoms with Crippen LogP contribution in [0.15, 0.2) is 41.3 Å². The van der Waals surface area contributed by atoms with E-state index in [-0.39, 0.29) is 65.0 Å². The number of phenols is 1. The molecule has 9 heteroatoms. The molecular formula is C24H28O8S. The summed E-state index contributed by atoms with van der Waals surface area (Å²) in [5, 5.41) is 19.0. The van der Waals surface area contributed by atoms with Gasteiger partial charge in [-0.05, 0) is 44.0 Å². The lowest BCUT2D eigenvalue weighted by Gasteiger charge is -2.14. The van der Waals surface area contributed by atoms with Gasteiger partial charge in [-0.1, -0.05) is 25.5 Å². The first-order chi connectivity index (χ1) is 15.6. The fourth-order valence-electron chi connectivity index (χ4n) is 3.29. The van der Waals surface area contributed by atoms with Gasteiger partial charge in [0.25, 0.3) is 0 Å². The van der Waals surface area contributed by atoms with Crippen LogP contribution in [0.3, 0.4) is 0 Å². The topological polar surface area (TPSA) is 135 Å². The maximum atomic E-state index is 12.6. The molecule has 8 nitrogen and oxygen atoms in total. The summed E-state index contributed by atoms with van der Waals surface area (Å²) in [7, 11) is -3.61. The van der Waals surface area contributed by atoms with Gasteiger partial charge in [0, 0.05) is 17.5 Å². The standard InChI is InChI=1S/C24H28O8S/c1-3-5-20-22(12-10-19(16(2)25)24(20)29)32-14-4-15-33(30,31)18-8-6-17(7-9-18)21(26)11-13-23(27)28/h6-10,12,29H,3-5,11,13-15H2,1-2H3,(H,27,28). The van der Waals surface area contributed by atoms with Crippen LogP contribution < -0.4 is 4.74 Å². The average molecular weight is 477 g/mol. The van der Waals surface area contributed by atoms with Crippen molar-refractivity contribution >= 4 is 27.4 Å². The number of carbonyl (C=O) groups is 3.